The van der Waals surface area contributed by atoms with Crippen LogP contribution >= 0.6 is 11.3 Å². The van der Waals surface area contributed by atoms with E-state index in [2.05, 4.69) is 87.2 Å². The van der Waals surface area contributed by atoms with E-state index >= 15 is 0 Å². The summed E-state index contributed by atoms with van der Waals surface area (Å²) in [5.41, 5.74) is 5.77. The van der Waals surface area contributed by atoms with Gasteiger partial charge in [0.05, 0.1) is 15.8 Å². The number of hydrogen-bond donors (Lipinski definition) is 0. The van der Waals surface area contributed by atoms with Crippen LogP contribution in [0, 0.1) is 0 Å². The first kappa shape index (κ1) is 23.2. The molecule has 4 heterocycles. The summed E-state index contributed by atoms with van der Waals surface area (Å²) < 4.78 is 7.39. The van der Waals surface area contributed by atoms with Gasteiger partial charge in [-0.15, -0.1) is 11.3 Å². The zero-order valence-electron chi connectivity index (χ0n) is 22.7. The Hall–Kier alpha value is -3.70. The molecule has 6 aromatic rings. The van der Waals surface area contributed by atoms with Crippen LogP contribution in [0.15, 0.2) is 69.9 Å². The fraction of sp³-hybridized carbons (Fsp3) is 0.294. The Balaban J connectivity index is 1.44. The molecule has 0 amide bonds. The molecule has 0 saturated carbocycles. The smallest absolute Gasteiger partial charge is 0.346 e. The SMILES string of the molecule is CC1(C)CCN2CCC(C)(C)c3c2c1cc1cc(-c2nc4c5ccccc5c5ccccc5c4s2)c(=O)oc31. The third-order valence-electron chi connectivity index (χ3n) is 9.23. The van der Waals surface area contributed by atoms with Crippen molar-refractivity contribution in [1.29, 1.82) is 0 Å². The van der Waals surface area contributed by atoms with Crippen molar-refractivity contribution in [3.63, 3.8) is 0 Å². The summed E-state index contributed by atoms with van der Waals surface area (Å²) in [6.07, 6.45) is 2.16. The van der Waals surface area contributed by atoms with E-state index in [1.807, 2.05) is 6.07 Å². The molecule has 0 atom stereocenters. The van der Waals surface area contributed by atoms with Crippen molar-refractivity contribution >= 4 is 59.8 Å². The number of rotatable bonds is 1. The zero-order chi connectivity index (χ0) is 26.7. The predicted octanol–water partition coefficient (Wildman–Crippen LogP) is 8.55. The summed E-state index contributed by atoms with van der Waals surface area (Å²) in [4.78, 5) is 21.3. The Bertz CT molecular complexity index is 1990. The minimum atomic E-state index is -0.311. The summed E-state index contributed by atoms with van der Waals surface area (Å²) in [5.74, 6) is 0. The Morgan fingerprint density at radius 3 is 2.23 bits per heavy atom. The minimum Gasteiger partial charge on any atom is -0.422 e. The van der Waals surface area contributed by atoms with Gasteiger partial charge in [-0.3, -0.25) is 0 Å². The molecule has 0 saturated heterocycles. The van der Waals surface area contributed by atoms with Gasteiger partial charge in [-0.2, -0.15) is 0 Å². The molecule has 39 heavy (non-hydrogen) atoms. The van der Waals surface area contributed by atoms with Crippen molar-refractivity contribution in [1.82, 2.24) is 4.98 Å². The maximum absolute atomic E-state index is 13.7. The lowest BCUT2D eigenvalue weighted by molar-refractivity contribution is 0.398. The second-order valence-electron chi connectivity index (χ2n) is 12.6. The van der Waals surface area contributed by atoms with Gasteiger partial charge in [-0.05, 0) is 52.1 Å². The van der Waals surface area contributed by atoms with Crippen LogP contribution in [0.3, 0.4) is 0 Å². The highest BCUT2D eigenvalue weighted by molar-refractivity contribution is 7.22. The van der Waals surface area contributed by atoms with Gasteiger partial charge in [0.25, 0.3) is 0 Å². The van der Waals surface area contributed by atoms with Crippen LogP contribution in [-0.4, -0.2) is 18.1 Å². The first-order chi connectivity index (χ1) is 18.7. The van der Waals surface area contributed by atoms with Crippen LogP contribution < -0.4 is 10.5 Å². The van der Waals surface area contributed by atoms with E-state index in [0.717, 1.165) is 52.5 Å². The molecule has 2 aromatic heterocycles. The Morgan fingerprint density at radius 2 is 1.49 bits per heavy atom. The topological polar surface area (TPSA) is 46.3 Å². The van der Waals surface area contributed by atoms with E-state index in [9.17, 15) is 4.79 Å². The average Bonchev–Trinajstić information content (AvgIpc) is 3.37. The lowest BCUT2D eigenvalue weighted by atomic mass is 9.69. The van der Waals surface area contributed by atoms with Crippen molar-refractivity contribution in [2.24, 2.45) is 0 Å². The van der Waals surface area contributed by atoms with Gasteiger partial charge in [0.2, 0.25) is 0 Å². The van der Waals surface area contributed by atoms with Gasteiger partial charge in [0.15, 0.2) is 0 Å². The van der Waals surface area contributed by atoms with Gasteiger partial charge in [-0.1, -0.05) is 76.2 Å². The van der Waals surface area contributed by atoms with Crippen LogP contribution in [-0.2, 0) is 10.8 Å². The van der Waals surface area contributed by atoms with E-state index in [0.29, 0.717) is 10.6 Å². The third-order valence-corrected chi connectivity index (χ3v) is 10.4. The summed E-state index contributed by atoms with van der Waals surface area (Å²) >= 11 is 1.59. The number of thiazole rings is 1. The van der Waals surface area contributed by atoms with E-state index in [4.69, 9.17) is 9.40 Å². The lowest BCUT2D eigenvalue weighted by Crippen LogP contribution is -2.44. The fourth-order valence-electron chi connectivity index (χ4n) is 6.94. The molecule has 0 unspecified atom stereocenters. The van der Waals surface area contributed by atoms with Crippen molar-refractivity contribution in [2.75, 3.05) is 18.0 Å². The van der Waals surface area contributed by atoms with Gasteiger partial charge < -0.3 is 9.32 Å². The number of nitrogens with zero attached hydrogens (tertiary/aromatic N) is 2. The van der Waals surface area contributed by atoms with Crippen molar-refractivity contribution < 1.29 is 4.42 Å². The molecule has 4 nitrogen and oxygen atoms in total. The van der Waals surface area contributed by atoms with Crippen LogP contribution in [0.4, 0.5) is 5.69 Å². The lowest BCUT2D eigenvalue weighted by Gasteiger charge is -2.48. The highest BCUT2D eigenvalue weighted by Gasteiger charge is 2.42. The number of anilines is 1. The van der Waals surface area contributed by atoms with E-state index in [1.165, 1.54) is 33.0 Å². The van der Waals surface area contributed by atoms with E-state index in [-0.39, 0.29) is 16.5 Å². The van der Waals surface area contributed by atoms with Crippen molar-refractivity contribution in [3.8, 4) is 10.6 Å². The maximum Gasteiger partial charge on any atom is 0.346 e. The second-order valence-corrected chi connectivity index (χ2v) is 13.6. The molecular formula is C34H30N2O2S. The normalized spacial score (nSPS) is 17.8. The first-order valence-corrected chi connectivity index (χ1v) is 14.7. The monoisotopic (exact) mass is 530 g/mol. The van der Waals surface area contributed by atoms with Crippen LogP contribution in [0.25, 0.3) is 53.3 Å². The second kappa shape index (κ2) is 7.70. The molecule has 0 bridgehead atoms. The molecule has 194 valence electrons. The predicted molar refractivity (Wildman–Crippen MR) is 164 cm³/mol. The van der Waals surface area contributed by atoms with Crippen molar-refractivity contribution in [3.05, 3.63) is 82.2 Å². The molecule has 0 aliphatic carbocycles. The van der Waals surface area contributed by atoms with Crippen LogP contribution in [0.5, 0.6) is 0 Å². The number of benzene rings is 4. The van der Waals surface area contributed by atoms with Crippen LogP contribution in [0.2, 0.25) is 0 Å². The fourth-order valence-corrected chi connectivity index (χ4v) is 8.06. The molecule has 4 aromatic carbocycles. The van der Waals surface area contributed by atoms with E-state index < -0.39 is 0 Å². The summed E-state index contributed by atoms with van der Waals surface area (Å²) in [6.45, 7) is 11.4. The minimum absolute atomic E-state index is 0.0617. The number of fused-ring (bicyclic) bond motifs is 8. The molecule has 2 aliphatic heterocycles. The highest BCUT2D eigenvalue weighted by atomic mass is 32.1. The molecule has 8 rings (SSSR count). The van der Waals surface area contributed by atoms with Gasteiger partial charge >= 0.3 is 5.63 Å². The first-order valence-electron chi connectivity index (χ1n) is 13.8. The van der Waals surface area contributed by atoms with Gasteiger partial charge in [-0.25, -0.2) is 9.78 Å². The Morgan fingerprint density at radius 1 is 0.846 bits per heavy atom. The number of hydrogen-bond acceptors (Lipinski definition) is 5. The molecule has 0 radical (unpaired) electrons. The Labute approximate surface area is 230 Å². The van der Waals surface area contributed by atoms with Gasteiger partial charge in [0.1, 0.15) is 10.6 Å². The van der Waals surface area contributed by atoms with Crippen LogP contribution in [0.1, 0.15) is 51.7 Å². The molecular weight excluding hydrogens is 500 g/mol. The average molecular weight is 531 g/mol. The summed E-state index contributed by atoms with van der Waals surface area (Å²) in [5, 5.41) is 6.39. The Kier molecular flexibility index (Phi) is 4.58. The quantitative estimate of drug-likeness (QED) is 0.158. The molecule has 0 fully saturated rings. The summed E-state index contributed by atoms with van der Waals surface area (Å²) in [6, 6.07) is 21.2. The third kappa shape index (κ3) is 3.17. The maximum atomic E-state index is 13.7. The van der Waals surface area contributed by atoms with E-state index in [1.54, 1.807) is 11.3 Å². The molecule has 0 N–H and O–H groups in total. The van der Waals surface area contributed by atoms with Crippen molar-refractivity contribution in [2.45, 2.75) is 51.4 Å². The molecule has 2 aliphatic rings. The standard InChI is InChI=1S/C34H30N2O2S/c1-33(2)13-15-36-16-14-34(3,4)26-28(36)25(33)18-19-17-24(32(37)38-29(19)26)31-35-27-22-11-7-5-9-20(22)21-10-6-8-12-23(21)30(27)39-31/h5-12,17-18H,13-16H2,1-4H3. The van der Waals surface area contributed by atoms with Gasteiger partial charge in [0, 0.05) is 40.5 Å². The largest absolute Gasteiger partial charge is 0.422 e. The summed E-state index contributed by atoms with van der Waals surface area (Å²) in [7, 11) is 0. The zero-order valence-corrected chi connectivity index (χ0v) is 23.5. The number of aromatic nitrogens is 1. The molecule has 0 spiro atoms. The molecule has 5 heteroatoms. The highest BCUT2D eigenvalue weighted by Crippen LogP contribution is 2.52.